The van der Waals surface area contributed by atoms with Crippen LogP contribution in [0.4, 0.5) is 11.4 Å². The molecule has 0 saturated heterocycles. The van der Waals surface area contributed by atoms with Crippen molar-refractivity contribution < 1.29 is 9.34 Å². The van der Waals surface area contributed by atoms with Crippen molar-refractivity contribution in [2.24, 2.45) is 5.10 Å². The van der Waals surface area contributed by atoms with Crippen molar-refractivity contribution in [1.82, 2.24) is 0 Å². The van der Waals surface area contributed by atoms with Gasteiger partial charge in [-0.1, -0.05) is 23.4 Å². The van der Waals surface area contributed by atoms with Crippen LogP contribution in [-0.4, -0.2) is 11.1 Å². The number of halogens is 1. The maximum Gasteiger partial charge on any atom is 0.269 e. The summed E-state index contributed by atoms with van der Waals surface area (Å²) in [5, 5.41) is 16.1. The number of anilines is 1. The van der Waals surface area contributed by atoms with Crippen LogP contribution in [-0.2, 0) is 0 Å². The highest BCUT2D eigenvalue weighted by Gasteiger charge is 2.04. The third kappa shape index (κ3) is 4.85. The average molecular weight is 374 g/mol. The number of furan rings is 1. The zero-order chi connectivity index (χ0) is 17.6. The number of nitro benzene ring substituents is 1. The molecule has 3 aromatic rings. The number of nitro groups is 1. The molecule has 0 amide bonds. The molecule has 0 atom stereocenters. The van der Waals surface area contributed by atoms with Gasteiger partial charge in [0.25, 0.3) is 5.69 Å². The second-order valence-electron chi connectivity index (χ2n) is 4.89. The fraction of sp³-hybridized carbons (Fsp3) is 0. The minimum atomic E-state index is -0.449. The molecular weight excluding hydrogens is 362 g/mol. The molecule has 6 nitrogen and oxygen atoms in total. The first-order chi connectivity index (χ1) is 12.1. The SMILES string of the molecule is O=[N+]([O-])c1ccc(NN=Cc2ccc(Sc3ccc(Cl)cc3)o2)cc1. The van der Waals surface area contributed by atoms with Crippen molar-refractivity contribution in [2.75, 3.05) is 5.43 Å². The first kappa shape index (κ1) is 17.1. The number of rotatable bonds is 6. The molecular formula is C17H12ClN3O3S. The number of nitrogens with zero attached hydrogens (tertiary/aromatic N) is 2. The molecule has 126 valence electrons. The monoisotopic (exact) mass is 373 g/mol. The van der Waals surface area contributed by atoms with E-state index in [9.17, 15) is 10.1 Å². The smallest absolute Gasteiger partial charge is 0.269 e. The van der Waals surface area contributed by atoms with Crippen LogP contribution in [0, 0.1) is 10.1 Å². The third-order valence-electron chi connectivity index (χ3n) is 3.10. The van der Waals surface area contributed by atoms with Crippen LogP contribution in [0.2, 0.25) is 5.02 Å². The first-order valence-corrected chi connectivity index (χ1v) is 8.36. The van der Waals surface area contributed by atoms with Crippen LogP contribution in [0.1, 0.15) is 5.76 Å². The Labute approximate surface area is 152 Å². The van der Waals surface area contributed by atoms with Gasteiger partial charge in [0.2, 0.25) is 0 Å². The summed E-state index contributed by atoms with van der Waals surface area (Å²) in [6.07, 6.45) is 1.54. The van der Waals surface area contributed by atoms with E-state index in [1.807, 2.05) is 30.3 Å². The molecule has 8 heteroatoms. The van der Waals surface area contributed by atoms with E-state index in [0.717, 1.165) is 9.99 Å². The molecule has 3 rings (SSSR count). The topological polar surface area (TPSA) is 80.7 Å². The molecule has 25 heavy (non-hydrogen) atoms. The zero-order valence-corrected chi connectivity index (χ0v) is 14.3. The predicted octanol–water partition coefficient (Wildman–Crippen LogP) is 5.44. The van der Waals surface area contributed by atoms with Gasteiger partial charge >= 0.3 is 0 Å². The highest BCUT2D eigenvalue weighted by Crippen LogP contribution is 2.29. The zero-order valence-electron chi connectivity index (χ0n) is 12.8. The molecule has 0 aliphatic carbocycles. The Balaban J connectivity index is 1.58. The van der Waals surface area contributed by atoms with Crippen molar-refractivity contribution in [3.8, 4) is 0 Å². The number of nitrogens with one attached hydrogen (secondary N) is 1. The van der Waals surface area contributed by atoms with E-state index in [-0.39, 0.29) is 5.69 Å². The van der Waals surface area contributed by atoms with E-state index in [0.29, 0.717) is 16.5 Å². The van der Waals surface area contributed by atoms with Crippen molar-refractivity contribution in [1.29, 1.82) is 0 Å². The molecule has 0 aliphatic rings. The summed E-state index contributed by atoms with van der Waals surface area (Å²) in [6.45, 7) is 0. The van der Waals surface area contributed by atoms with Gasteiger partial charge in [0, 0.05) is 22.1 Å². The summed E-state index contributed by atoms with van der Waals surface area (Å²) in [5.41, 5.74) is 3.46. The lowest BCUT2D eigenvalue weighted by molar-refractivity contribution is -0.384. The highest BCUT2D eigenvalue weighted by atomic mass is 35.5. The van der Waals surface area contributed by atoms with Crippen molar-refractivity contribution in [3.05, 3.63) is 81.6 Å². The molecule has 1 heterocycles. The predicted molar refractivity (Wildman–Crippen MR) is 98.6 cm³/mol. The average Bonchev–Trinajstić information content (AvgIpc) is 3.05. The van der Waals surface area contributed by atoms with E-state index in [1.54, 1.807) is 18.2 Å². The highest BCUT2D eigenvalue weighted by molar-refractivity contribution is 7.99. The van der Waals surface area contributed by atoms with Gasteiger partial charge in [-0.05, 0) is 48.5 Å². The molecule has 0 unspecified atom stereocenters. The summed E-state index contributed by atoms with van der Waals surface area (Å²) in [6, 6.07) is 17.1. The normalized spacial score (nSPS) is 10.9. The minimum absolute atomic E-state index is 0.0319. The lowest BCUT2D eigenvalue weighted by Gasteiger charge is -1.99. The van der Waals surface area contributed by atoms with Gasteiger partial charge in [0.15, 0.2) is 5.09 Å². The van der Waals surface area contributed by atoms with Crippen molar-refractivity contribution in [3.63, 3.8) is 0 Å². The molecule has 0 aliphatic heterocycles. The van der Waals surface area contributed by atoms with Crippen molar-refractivity contribution in [2.45, 2.75) is 9.99 Å². The van der Waals surface area contributed by atoms with Crippen LogP contribution < -0.4 is 5.43 Å². The van der Waals surface area contributed by atoms with Gasteiger partial charge in [0.05, 0.1) is 16.8 Å². The summed E-state index contributed by atoms with van der Waals surface area (Å²) >= 11 is 7.34. The molecule has 0 saturated carbocycles. The van der Waals surface area contributed by atoms with Crippen LogP contribution in [0.3, 0.4) is 0 Å². The molecule has 1 aromatic heterocycles. The summed E-state index contributed by atoms with van der Waals surface area (Å²) in [5.74, 6) is 0.589. The van der Waals surface area contributed by atoms with Crippen molar-refractivity contribution >= 4 is 41.0 Å². The van der Waals surface area contributed by atoms with Crippen LogP contribution >= 0.6 is 23.4 Å². The number of benzene rings is 2. The number of hydrazone groups is 1. The number of hydrogen-bond acceptors (Lipinski definition) is 6. The Hall–Kier alpha value is -2.77. The van der Waals surface area contributed by atoms with E-state index in [4.69, 9.17) is 16.0 Å². The third-order valence-corrected chi connectivity index (χ3v) is 4.28. The lowest BCUT2D eigenvalue weighted by Crippen LogP contribution is -1.91. The summed E-state index contributed by atoms with van der Waals surface area (Å²) < 4.78 is 5.66. The standard InChI is InChI=1S/C17H12ClN3O3S/c18-12-1-8-16(9-2-12)25-17-10-7-15(24-17)11-19-20-13-3-5-14(6-4-13)21(22)23/h1-11,20H. The Morgan fingerprint density at radius 2 is 1.80 bits per heavy atom. The first-order valence-electron chi connectivity index (χ1n) is 7.17. The molecule has 0 fully saturated rings. The second-order valence-corrected chi connectivity index (χ2v) is 6.40. The minimum Gasteiger partial charge on any atom is -0.448 e. The van der Waals surface area contributed by atoms with E-state index in [2.05, 4.69) is 10.5 Å². The molecule has 0 bridgehead atoms. The fourth-order valence-corrected chi connectivity index (χ4v) is 2.81. The summed E-state index contributed by atoms with van der Waals surface area (Å²) in [7, 11) is 0. The molecule has 0 radical (unpaired) electrons. The Kier molecular flexibility index (Phi) is 5.37. The molecule has 2 aromatic carbocycles. The second kappa shape index (κ2) is 7.87. The van der Waals surface area contributed by atoms with E-state index >= 15 is 0 Å². The van der Waals surface area contributed by atoms with Gasteiger partial charge < -0.3 is 4.42 Å². The Bertz CT molecular complexity index is 892. The quantitative estimate of drug-likeness (QED) is 0.353. The summed E-state index contributed by atoms with van der Waals surface area (Å²) in [4.78, 5) is 11.2. The van der Waals surface area contributed by atoms with E-state index in [1.165, 1.54) is 30.1 Å². The molecule has 0 spiro atoms. The van der Waals surface area contributed by atoms with Gasteiger partial charge in [-0.2, -0.15) is 5.10 Å². The number of hydrogen-bond donors (Lipinski definition) is 1. The van der Waals surface area contributed by atoms with Crippen LogP contribution in [0.25, 0.3) is 0 Å². The maximum atomic E-state index is 10.6. The van der Waals surface area contributed by atoms with Crippen LogP contribution in [0.15, 0.2) is 80.2 Å². The Morgan fingerprint density at radius 3 is 2.48 bits per heavy atom. The maximum absolute atomic E-state index is 10.6. The van der Waals surface area contributed by atoms with Gasteiger partial charge in [0.1, 0.15) is 5.76 Å². The number of non-ortho nitro benzene ring substituents is 1. The molecule has 1 N–H and O–H groups in total. The largest absolute Gasteiger partial charge is 0.448 e. The fourth-order valence-electron chi connectivity index (χ4n) is 1.91. The van der Waals surface area contributed by atoms with E-state index < -0.39 is 4.92 Å². The van der Waals surface area contributed by atoms with Gasteiger partial charge in [-0.3, -0.25) is 15.5 Å². The Morgan fingerprint density at radius 1 is 1.08 bits per heavy atom. The lowest BCUT2D eigenvalue weighted by atomic mass is 10.3. The van der Waals surface area contributed by atoms with Gasteiger partial charge in [-0.15, -0.1) is 0 Å². The van der Waals surface area contributed by atoms with Crippen LogP contribution in [0.5, 0.6) is 0 Å². The van der Waals surface area contributed by atoms with Gasteiger partial charge in [-0.25, -0.2) is 0 Å².